The zero-order valence-electron chi connectivity index (χ0n) is 14.2. The van der Waals surface area contributed by atoms with Gasteiger partial charge < -0.3 is 18.9 Å². The van der Waals surface area contributed by atoms with Gasteiger partial charge in [-0.1, -0.05) is 17.7 Å². The standard InChI is InChI=1S/C19H19ClO5/c1-22-16-8-6-15(20)11-14(16)12-25-17-7-4-13(10-18(17)23-2)5-9-19(21)24-3/h4-11H,12H2,1-3H3. The van der Waals surface area contributed by atoms with E-state index in [2.05, 4.69) is 4.74 Å². The smallest absolute Gasteiger partial charge is 0.330 e. The lowest BCUT2D eigenvalue weighted by Gasteiger charge is -2.13. The van der Waals surface area contributed by atoms with E-state index in [0.29, 0.717) is 22.3 Å². The van der Waals surface area contributed by atoms with Gasteiger partial charge in [0.25, 0.3) is 0 Å². The van der Waals surface area contributed by atoms with Crippen molar-refractivity contribution in [2.75, 3.05) is 21.3 Å². The third-order valence-corrected chi connectivity index (χ3v) is 3.66. The summed E-state index contributed by atoms with van der Waals surface area (Å²) in [7, 11) is 4.47. The predicted octanol–water partition coefficient (Wildman–Crippen LogP) is 4.12. The monoisotopic (exact) mass is 362 g/mol. The van der Waals surface area contributed by atoms with E-state index in [-0.39, 0.29) is 6.61 Å². The van der Waals surface area contributed by atoms with Crippen molar-refractivity contribution >= 4 is 23.6 Å². The number of carbonyl (C=O) groups is 1. The molecule has 6 heteroatoms. The lowest BCUT2D eigenvalue weighted by molar-refractivity contribution is -0.134. The minimum atomic E-state index is -0.424. The molecular formula is C19H19ClO5. The average molecular weight is 363 g/mol. The van der Waals surface area contributed by atoms with Gasteiger partial charge in [0.1, 0.15) is 12.4 Å². The van der Waals surface area contributed by atoms with Crippen LogP contribution in [0.2, 0.25) is 5.02 Å². The maximum absolute atomic E-state index is 11.2. The summed E-state index contributed by atoms with van der Waals surface area (Å²) in [4.78, 5) is 11.2. The van der Waals surface area contributed by atoms with Crippen LogP contribution in [0.25, 0.3) is 6.08 Å². The number of methoxy groups -OCH3 is 3. The molecule has 0 radical (unpaired) electrons. The molecule has 0 aromatic heterocycles. The molecule has 0 saturated carbocycles. The van der Waals surface area contributed by atoms with Gasteiger partial charge in [0.05, 0.1) is 21.3 Å². The SMILES string of the molecule is COC(=O)C=Cc1ccc(OCc2cc(Cl)ccc2OC)c(OC)c1. The van der Waals surface area contributed by atoms with Crippen molar-refractivity contribution in [1.29, 1.82) is 0 Å². The number of rotatable bonds is 7. The fourth-order valence-electron chi connectivity index (χ4n) is 2.15. The highest BCUT2D eigenvalue weighted by Crippen LogP contribution is 2.31. The van der Waals surface area contributed by atoms with Crippen LogP contribution in [0.15, 0.2) is 42.5 Å². The first kappa shape index (κ1) is 18.7. The molecular weight excluding hydrogens is 344 g/mol. The largest absolute Gasteiger partial charge is 0.496 e. The molecule has 2 aromatic rings. The molecule has 0 heterocycles. The Morgan fingerprint density at radius 3 is 2.40 bits per heavy atom. The number of hydrogen-bond acceptors (Lipinski definition) is 5. The highest BCUT2D eigenvalue weighted by molar-refractivity contribution is 6.30. The van der Waals surface area contributed by atoms with Gasteiger partial charge in [-0.3, -0.25) is 0 Å². The van der Waals surface area contributed by atoms with Gasteiger partial charge >= 0.3 is 5.97 Å². The van der Waals surface area contributed by atoms with Crippen molar-refractivity contribution < 1.29 is 23.7 Å². The highest BCUT2D eigenvalue weighted by Gasteiger charge is 2.09. The summed E-state index contributed by atoms with van der Waals surface area (Å²) in [5, 5.41) is 0.606. The van der Waals surface area contributed by atoms with Crippen molar-refractivity contribution in [3.05, 3.63) is 58.6 Å². The van der Waals surface area contributed by atoms with Crippen LogP contribution in [-0.2, 0) is 16.1 Å². The first-order valence-corrected chi connectivity index (χ1v) is 7.84. The number of carbonyl (C=O) groups excluding carboxylic acids is 1. The fourth-order valence-corrected chi connectivity index (χ4v) is 2.35. The lowest BCUT2D eigenvalue weighted by atomic mass is 10.2. The molecule has 0 saturated heterocycles. The summed E-state index contributed by atoms with van der Waals surface area (Å²) in [6, 6.07) is 10.7. The van der Waals surface area contributed by atoms with Crippen LogP contribution < -0.4 is 14.2 Å². The zero-order valence-corrected chi connectivity index (χ0v) is 15.0. The molecule has 5 nitrogen and oxygen atoms in total. The van der Waals surface area contributed by atoms with Gasteiger partial charge in [0.15, 0.2) is 11.5 Å². The fraction of sp³-hybridized carbons (Fsp3) is 0.211. The minimum absolute atomic E-state index is 0.275. The van der Waals surface area contributed by atoms with E-state index in [1.165, 1.54) is 13.2 Å². The quantitative estimate of drug-likeness (QED) is 0.547. The van der Waals surface area contributed by atoms with Crippen LogP contribution in [0, 0.1) is 0 Å². The maximum atomic E-state index is 11.2. The van der Waals surface area contributed by atoms with E-state index < -0.39 is 5.97 Å². The molecule has 0 spiro atoms. The van der Waals surface area contributed by atoms with Crippen molar-refractivity contribution in [1.82, 2.24) is 0 Å². The maximum Gasteiger partial charge on any atom is 0.330 e. The molecule has 0 aliphatic heterocycles. The Hall–Kier alpha value is -2.66. The van der Waals surface area contributed by atoms with E-state index in [4.69, 9.17) is 25.8 Å². The van der Waals surface area contributed by atoms with Crippen LogP contribution in [0.1, 0.15) is 11.1 Å². The molecule has 2 aromatic carbocycles. The topological polar surface area (TPSA) is 54.0 Å². The second-order valence-electron chi connectivity index (χ2n) is 5.01. The van der Waals surface area contributed by atoms with Crippen LogP contribution in [0.3, 0.4) is 0 Å². The molecule has 0 amide bonds. The second-order valence-corrected chi connectivity index (χ2v) is 5.45. The Morgan fingerprint density at radius 1 is 1.00 bits per heavy atom. The molecule has 0 fully saturated rings. The van der Waals surface area contributed by atoms with Gasteiger partial charge in [-0.2, -0.15) is 0 Å². The van der Waals surface area contributed by atoms with E-state index in [1.54, 1.807) is 50.6 Å². The molecule has 0 unspecified atom stereocenters. The third kappa shape index (κ3) is 5.16. The Labute approximate surface area is 151 Å². The zero-order chi connectivity index (χ0) is 18.2. The molecule has 132 valence electrons. The highest BCUT2D eigenvalue weighted by atomic mass is 35.5. The van der Waals surface area contributed by atoms with Crippen molar-refractivity contribution in [2.24, 2.45) is 0 Å². The van der Waals surface area contributed by atoms with E-state index in [9.17, 15) is 4.79 Å². The van der Waals surface area contributed by atoms with Crippen molar-refractivity contribution in [3.8, 4) is 17.2 Å². The number of benzene rings is 2. The van der Waals surface area contributed by atoms with Gasteiger partial charge in [-0.15, -0.1) is 0 Å². The lowest BCUT2D eigenvalue weighted by Crippen LogP contribution is -2.00. The van der Waals surface area contributed by atoms with Crippen LogP contribution in [0.5, 0.6) is 17.2 Å². The summed E-state index contributed by atoms with van der Waals surface area (Å²) < 4.78 is 21.1. The van der Waals surface area contributed by atoms with Crippen LogP contribution in [0.4, 0.5) is 0 Å². The van der Waals surface area contributed by atoms with Crippen LogP contribution in [-0.4, -0.2) is 27.3 Å². The Bertz CT molecular complexity index is 770. The molecule has 0 atom stereocenters. The summed E-state index contributed by atoms with van der Waals surface area (Å²) in [6.07, 6.45) is 2.98. The summed E-state index contributed by atoms with van der Waals surface area (Å²) in [5.74, 6) is 1.39. The average Bonchev–Trinajstić information content (AvgIpc) is 2.64. The summed E-state index contributed by atoms with van der Waals surface area (Å²) in [6.45, 7) is 0.275. The Balaban J connectivity index is 2.16. The Morgan fingerprint density at radius 2 is 1.72 bits per heavy atom. The van der Waals surface area contributed by atoms with Crippen LogP contribution >= 0.6 is 11.6 Å². The first-order valence-electron chi connectivity index (χ1n) is 7.46. The van der Waals surface area contributed by atoms with Gasteiger partial charge in [0.2, 0.25) is 0 Å². The minimum Gasteiger partial charge on any atom is -0.496 e. The Kier molecular flexibility index (Phi) is 6.71. The summed E-state index contributed by atoms with van der Waals surface area (Å²) >= 11 is 6.03. The van der Waals surface area contributed by atoms with Crippen molar-refractivity contribution in [2.45, 2.75) is 6.61 Å². The van der Waals surface area contributed by atoms with Gasteiger partial charge in [-0.25, -0.2) is 4.79 Å². The molecule has 0 N–H and O–H groups in total. The molecule has 0 bridgehead atoms. The molecule has 2 rings (SSSR count). The number of ether oxygens (including phenoxy) is 4. The predicted molar refractivity (Wildman–Crippen MR) is 96.4 cm³/mol. The normalized spacial score (nSPS) is 10.6. The molecule has 0 aliphatic carbocycles. The molecule has 25 heavy (non-hydrogen) atoms. The number of esters is 1. The van der Waals surface area contributed by atoms with Gasteiger partial charge in [0, 0.05) is 16.7 Å². The third-order valence-electron chi connectivity index (χ3n) is 3.43. The summed E-state index contributed by atoms with van der Waals surface area (Å²) in [5.41, 5.74) is 1.61. The van der Waals surface area contributed by atoms with E-state index in [0.717, 1.165) is 11.1 Å². The number of halogens is 1. The number of hydrogen-bond donors (Lipinski definition) is 0. The first-order chi connectivity index (χ1) is 12.1. The molecule has 0 aliphatic rings. The van der Waals surface area contributed by atoms with Gasteiger partial charge in [-0.05, 0) is 42.0 Å². The van der Waals surface area contributed by atoms with Crippen molar-refractivity contribution in [3.63, 3.8) is 0 Å². The van der Waals surface area contributed by atoms with E-state index in [1.807, 2.05) is 6.07 Å². The van der Waals surface area contributed by atoms with E-state index >= 15 is 0 Å². The second kappa shape index (κ2) is 8.99.